The van der Waals surface area contributed by atoms with E-state index in [1.165, 1.54) is 18.2 Å². The number of carbonyl (C=O) groups excluding carboxylic acids is 1. The number of hydrogen-bond donors (Lipinski definition) is 1. The summed E-state index contributed by atoms with van der Waals surface area (Å²) in [7, 11) is 0. The summed E-state index contributed by atoms with van der Waals surface area (Å²) in [5.41, 5.74) is 2.21. The predicted molar refractivity (Wildman–Crippen MR) is 92.3 cm³/mol. The molecule has 6 nitrogen and oxygen atoms in total. The van der Waals surface area contributed by atoms with Crippen LogP contribution in [0, 0.1) is 24.0 Å². The summed E-state index contributed by atoms with van der Waals surface area (Å²) in [6.07, 6.45) is -0.132. The van der Waals surface area contributed by atoms with Crippen molar-refractivity contribution in [1.82, 2.24) is 0 Å². The van der Waals surface area contributed by atoms with E-state index < -0.39 is 11.0 Å². The van der Waals surface area contributed by atoms with Crippen LogP contribution in [0.15, 0.2) is 42.5 Å². The Hall–Kier alpha value is -2.89. The van der Waals surface area contributed by atoms with Crippen LogP contribution in [0.2, 0.25) is 0 Å². The molecule has 0 heterocycles. The third-order valence-corrected chi connectivity index (χ3v) is 3.61. The first-order valence-corrected chi connectivity index (χ1v) is 7.70. The van der Waals surface area contributed by atoms with Crippen LogP contribution >= 0.6 is 0 Å². The highest BCUT2D eigenvalue weighted by molar-refractivity contribution is 5.95. The van der Waals surface area contributed by atoms with Crippen molar-refractivity contribution >= 4 is 17.3 Å². The minimum atomic E-state index is -0.638. The van der Waals surface area contributed by atoms with E-state index in [4.69, 9.17) is 4.74 Å². The van der Waals surface area contributed by atoms with Gasteiger partial charge in [-0.3, -0.25) is 14.9 Å². The lowest BCUT2D eigenvalue weighted by Crippen LogP contribution is -2.32. The number of nitrogens with one attached hydrogen (secondary N) is 1. The smallest absolute Gasteiger partial charge is 0.269 e. The predicted octanol–water partition coefficient (Wildman–Crippen LogP) is 4.01. The molecule has 6 heteroatoms. The summed E-state index contributed by atoms with van der Waals surface area (Å²) in [6.45, 7) is 5.53. The number of anilines is 1. The third kappa shape index (κ3) is 4.32. The summed E-state index contributed by atoms with van der Waals surface area (Å²) in [5.74, 6) is 0.355. The Morgan fingerprint density at radius 3 is 2.58 bits per heavy atom. The first-order valence-electron chi connectivity index (χ1n) is 7.70. The molecule has 0 aliphatic rings. The summed E-state index contributed by atoms with van der Waals surface area (Å²) in [4.78, 5) is 22.7. The molecule has 0 aliphatic heterocycles. The Bertz CT molecular complexity index is 758. The second-order valence-corrected chi connectivity index (χ2v) is 5.58. The molecule has 2 aromatic rings. The van der Waals surface area contributed by atoms with Crippen LogP contribution in [0.4, 0.5) is 11.4 Å². The van der Waals surface area contributed by atoms with Crippen LogP contribution in [0.3, 0.4) is 0 Å². The minimum absolute atomic E-state index is 0.00597. The van der Waals surface area contributed by atoms with E-state index in [-0.39, 0.29) is 11.6 Å². The topological polar surface area (TPSA) is 81.5 Å². The molecule has 1 atom stereocenters. The zero-order chi connectivity index (χ0) is 17.7. The summed E-state index contributed by atoms with van der Waals surface area (Å²) >= 11 is 0. The minimum Gasteiger partial charge on any atom is -0.481 e. The van der Waals surface area contributed by atoms with Crippen LogP contribution in [-0.2, 0) is 4.79 Å². The molecule has 0 aromatic heterocycles. The van der Waals surface area contributed by atoms with Crippen molar-refractivity contribution in [2.45, 2.75) is 33.3 Å². The molecule has 126 valence electrons. The number of non-ortho nitro benzene ring substituents is 1. The molecular weight excluding hydrogens is 308 g/mol. The molecule has 0 saturated carbocycles. The zero-order valence-corrected chi connectivity index (χ0v) is 13.9. The molecule has 2 rings (SSSR count). The molecular formula is C18H20N2O4. The van der Waals surface area contributed by atoms with Crippen LogP contribution in [0.1, 0.15) is 24.5 Å². The Balaban J connectivity index is 2.10. The van der Waals surface area contributed by atoms with Gasteiger partial charge in [0.05, 0.1) is 4.92 Å². The Kier molecular flexibility index (Phi) is 5.52. The molecule has 1 unspecified atom stereocenters. The number of nitrogens with zero attached hydrogens (tertiary/aromatic N) is 1. The van der Waals surface area contributed by atoms with Gasteiger partial charge in [-0.05, 0) is 49.6 Å². The van der Waals surface area contributed by atoms with Crippen molar-refractivity contribution in [3.8, 4) is 5.75 Å². The largest absolute Gasteiger partial charge is 0.481 e. The lowest BCUT2D eigenvalue weighted by molar-refractivity contribution is -0.384. The number of hydrogen-bond acceptors (Lipinski definition) is 4. The van der Waals surface area contributed by atoms with E-state index in [0.717, 1.165) is 5.56 Å². The summed E-state index contributed by atoms with van der Waals surface area (Å²) in [6, 6.07) is 11.8. The van der Waals surface area contributed by atoms with E-state index in [9.17, 15) is 14.9 Å². The summed E-state index contributed by atoms with van der Waals surface area (Å²) < 4.78 is 5.76. The third-order valence-electron chi connectivity index (χ3n) is 3.61. The molecule has 0 bridgehead atoms. The van der Waals surface area contributed by atoms with E-state index in [0.29, 0.717) is 23.4 Å². The van der Waals surface area contributed by atoms with Gasteiger partial charge >= 0.3 is 0 Å². The first kappa shape index (κ1) is 17.5. The SMILES string of the molecule is CCC(Oc1cccc(C)c1)C(=O)Nc1ccc([N+](=O)[O-])cc1C. The van der Waals surface area contributed by atoms with Crippen LogP contribution < -0.4 is 10.1 Å². The fraction of sp³-hybridized carbons (Fsp3) is 0.278. The van der Waals surface area contributed by atoms with E-state index in [2.05, 4.69) is 5.32 Å². The number of benzene rings is 2. The fourth-order valence-corrected chi connectivity index (χ4v) is 2.29. The normalized spacial score (nSPS) is 11.6. The van der Waals surface area contributed by atoms with Gasteiger partial charge in [0.1, 0.15) is 5.75 Å². The Labute approximate surface area is 140 Å². The Morgan fingerprint density at radius 2 is 2.00 bits per heavy atom. The average molecular weight is 328 g/mol. The van der Waals surface area contributed by atoms with Crippen LogP contribution in [-0.4, -0.2) is 16.9 Å². The van der Waals surface area contributed by atoms with Crippen molar-refractivity contribution in [3.63, 3.8) is 0 Å². The number of rotatable bonds is 6. The highest BCUT2D eigenvalue weighted by Gasteiger charge is 2.20. The van der Waals surface area contributed by atoms with Gasteiger partial charge in [-0.1, -0.05) is 19.1 Å². The van der Waals surface area contributed by atoms with Crippen molar-refractivity contribution in [2.24, 2.45) is 0 Å². The second kappa shape index (κ2) is 7.59. The lowest BCUT2D eigenvalue weighted by Gasteiger charge is -2.18. The number of ether oxygens (including phenoxy) is 1. The van der Waals surface area contributed by atoms with Crippen molar-refractivity contribution in [1.29, 1.82) is 0 Å². The molecule has 0 aliphatic carbocycles. The first-order chi connectivity index (χ1) is 11.4. The zero-order valence-electron chi connectivity index (χ0n) is 13.9. The number of nitro groups is 1. The van der Waals surface area contributed by atoms with E-state index in [1.54, 1.807) is 13.0 Å². The molecule has 1 N–H and O–H groups in total. The van der Waals surface area contributed by atoms with Crippen molar-refractivity contribution in [2.75, 3.05) is 5.32 Å². The van der Waals surface area contributed by atoms with Crippen LogP contribution in [0.25, 0.3) is 0 Å². The van der Waals surface area contributed by atoms with Gasteiger partial charge in [0, 0.05) is 17.8 Å². The van der Waals surface area contributed by atoms with Gasteiger partial charge in [0.2, 0.25) is 0 Å². The number of amides is 1. The average Bonchev–Trinajstić information content (AvgIpc) is 2.54. The van der Waals surface area contributed by atoms with Gasteiger partial charge in [0.25, 0.3) is 11.6 Å². The van der Waals surface area contributed by atoms with E-state index in [1.807, 2.05) is 32.0 Å². The van der Waals surface area contributed by atoms with Crippen LogP contribution in [0.5, 0.6) is 5.75 Å². The maximum atomic E-state index is 12.4. The number of aryl methyl sites for hydroxylation is 2. The maximum absolute atomic E-state index is 12.4. The quantitative estimate of drug-likeness (QED) is 0.641. The van der Waals surface area contributed by atoms with Gasteiger partial charge in [-0.15, -0.1) is 0 Å². The van der Waals surface area contributed by atoms with E-state index >= 15 is 0 Å². The molecule has 0 radical (unpaired) electrons. The van der Waals surface area contributed by atoms with Crippen molar-refractivity contribution < 1.29 is 14.5 Å². The number of nitro benzene ring substituents is 1. The van der Waals surface area contributed by atoms with Gasteiger partial charge in [-0.2, -0.15) is 0 Å². The molecule has 1 amide bonds. The maximum Gasteiger partial charge on any atom is 0.269 e. The van der Waals surface area contributed by atoms with Crippen molar-refractivity contribution in [3.05, 3.63) is 63.7 Å². The van der Waals surface area contributed by atoms with Gasteiger partial charge in [0.15, 0.2) is 6.10 Å². The monoisotopic (exact) mass is 328 g/mol. The van der Waals surface area contributed by atoms with Gasteiger partial charge in [-0.25, -0.2) is 0 Å². The molecule has 0 spiro atoms. The molecule has 24 heavy (non-hydrogen) atoms. The number of carbonyl (C=O) groups is 1. The fourth-order valence-electron chi connectivity index (χ4n) is 2.29. The highest BCUT2D eigenvalue weighted by atomic mass is 16.6. The summed E-state index contributed by atoms with van der Waals surface area (Å²) in [5, 5.41) is 13.5. The molecule has 2 aromatic carbocycles. The second-order valence-electron chi connectivity index (χ2n) is 5.58. The Morgan fingerprint density at radius 1 is 1.25 bits per heavy atom. The highest BCUT2D eigenvalue weighted by Crippen LogP contribution is 2.22. The molecule has 0 saturated heterocycles. The standard InChI is InChI=1S/C18H20N2O4/c1-4-17(24-15-7-5-6-12(2)10-15)18(21)19-16-9-8-14(20(22)23)11-13(16)3/h5-11,17H,4H2,1-3H3,(H,19,21). The lowest BCUT2D eigenvalue weighted by atomic mass is 10.1. The molecule has 0 fully saturated rings. The van der Waals surface area contributed by atoms with Gasteiger partial charge < -0.3 is 10.1 Å².